The molecule has 0 saturated heterocycles. The highest BCUT2D eigenvalue weighted by molar-refractivity contribution is 5.85. The molecule has 1 N–H and O–H groups in total. The molecule has 2 aromatic rings. The molecule has 0 bridgehead atoms. The van der Waals surface area contributed by atoms with Gasteiger partial charge in [-0.3, -0.25) is 0 Å². The lowest BCUT2D eigenvalue weighted by Gasteiger charge is -2.11. The van der Waals surface area contributed by atoms with Crippen molar-refractivity contribution < 1.29 is 0 Å². The van der Waals surface area contributed by atoms with Crippen molar-refractivity contribution in [3.63, 3.8) is 0 Å². The second kappa shape index (κ2) is 5.15. The van der Waals surface area contributed by atoms with Crippen LogP contribution in [-0.2, 0) is 0 Å². The molecule has 0 spiro atoms. The van der Waals surface area contributed by atoms with Crippen molar-refractivity contribution in [2.45, 2.75) is 13.0 Å². The summed E-state index contributed by atoms with van der Waals surface area (Å²) in [5, 5.41) is 5.86. The van der Waals surface area contributed by atoms with Crippen LogP contribution in [0.4, 0.5) is 0 Å². The van der Waals surface area contributed by atoms with E-state index in [0.29, 0.717) is 6.04 Å². The minimum absolute atomic E-state index is 0. The van der Waals surface area contributed by atoms with Crippen molar-refractivity contribution >= 4 is 23.2 Å². The third kappa shape index (κ3) is 2.49. The van der Waals surface area contributed by atoms with E-state index in [-0.39, 0.29) is 12.4 Å². The van der Waals surface area contributed by atoms with E-state index in [9.17, 15) is 0 Å². The lowest BCUT2D eigenvalue weighted by molar-refractivity contribution is 0.653. The molecule has 0 amide bonds. The van der Waals surface area contributed by atoms with E-state index in [0.717, 1.165) is 0 Å². The third-order valence-electron chi connectivity index (χ3n) is 2.71. The fourth-order valence-corrected chi connectivity index (χ4v) is 1.64. The van der Waals surface area contributed by atoms with Crippen LogP contribution in [0.15, 0.2) is 42.5 Å². The lowest BCUT2D eigenvalue weighted by atomic mass is 10.0. The first-order valence-corrected chi connectivity index (χ1v) is 4.97. The molecule has 0 unspecified atom stereocenters. The van der Waals surface area contributed by atoms with E-state index in [4.69, 9.17) is 0 Å². The van der Waals surface area contributed by atoms with Gasteiger partial charge in [-0.25, -0.2) is 0 Å². The van der Waals surface area contributed by atoms with Crippen molar-refractivity contribution in [2.75, 3.05) is 7.05 Å². The summed E-state index contributed by atoms with van der Waals surface area (Å²) in [7, 11) is 1.99. The van der Waals surface area contributed by atoms with Crippen LogP contribution in [0.25, 0.3) is 10.8 Å². The van der Waals surface area contributed by atoms with Crippen LogP contribution in [-0.4, -0.2) is 7.05 Å². The number of halogens is 1. The van der Waals surface area contributed by atoms with Crippen LogP contribution < -0.4 is 5.32 Å². The average Bonchev–Trinajstić information content (AvgIpc) is 2.27. The highest BCUT2D eigenvalue weighted by Gasteiger charge is 2.02. The predicted molar refractivity (Wildman–Crippen MR) is 68.7 cm³/mol. The molecule has 0 heterocycles. The molecular formula is C13H16ClN. The zero-order valence-electron chi connectivity index (χ0n) is 9.03. The van der Waals surface area contributed by atoms with Crippen molar-refractivity contribution in [3.8, 4) is 0 Å². The van der Waals surface area contributed by atoms with E-state index in [1.54, 1.807) is 0 Å². The Morgan fingerprint density at radius 2 is 1.67 bits per heavy atom. The minimum atomic E-state index is 0. The number of hydrogen-bond acceptors (Lipinski definition) is 1. The molecule has 2 aromatic carbocycles. The largest absolute Gasteiger partial charge is 0.313 e. The summed E-state index contributed by atoms with van der Waals surface area (Å²) in [4.78, 5) is 0. The van der Waals surface area contributed by atoms with E-state index < -0.39 is 0 Å². The minimum Gasteiger partial charge on any atom is -0.313 e. The first-order chi connectivity index (χ1) is 6.81. The Morgan fingerprint density at radius 3 is 2.33 bits per heavy atom. The zero-order valence-corrected chi connectivity index (χ0v) is 9.84. The van der Waals surface area contributed by atoms with E-state index in [1.807, 2.05) is 7.05 Å². The highest BCUT2D eigenvalue weighted by Crippen LogP contribution is 2.19. The molecule has 0 radical (unpaired) electrons. The van der Waals surface area contributed by atoms with Crippen LogP contribution in [0.2, 0.25) is 0 Å². The van der Waals surface area contributed by atoms with Gasteiger partial charge in [-0.1, -0.05) is 36.4 Å². The number of benzene rings is 2. The summed E-state index contributed by atoms with van der Waals surface area (Å²) in [6.45, 7) is 2.17. The van der Waals surface area contributed by atoms with Gasteiger partial charge in [0.15, 0.2) is 0 Å². The Hall–Kier alpha value is -1.05. The van der Waals surface area contributed by atoms with Crippen LogP contribution in [0, 0.1) is 0 Å². The molecule has 15 heavy (non-hydrogen) atoms. The molecule has 0 aliphatic rings. The summed E-state index contributed by atoms with van der Waals surface area (Å²) in [5.41, 5.74) is 1.34. The summed E-state index contributed by atoms with van der Waals surface area (Å²) in [6, 6.07) is 15.5. The molecule has 1 nitrogen and oxygen atoms in total. The fourth-order valence-electron chi connectivity index (χ4n) is 1.64. The van der Waals surface area contributed by atoms with Gasteiger partial charge in [0.05, 0.1) is 0 Å². The highest BCUT2D eigenvalue weighted by atomic mass is 35.5. The Bertz CT molecular complexity index is 439. The second-order valence-corrected chi connectivity index (χ2v) is 3.62. The van der Waals surface area contributed by atoms with Gasteiger partial charge >= 0.3 is 0 Å². The van der Waals surface area contributed by atoms with Gasteiger partial charge in [-0.2, -0.15) is 0 Å². The lowest BCUT2D eigenvalue weighted by Crippen LogP contribution is -2.11. The number of fused-ring (bicyclic) bond motifs is 1. The van der Waals surface area contributed by atoms with Gasteiger partial charge in [0, 0.05) is 6.04 Å². The number of nitrogens with one attached hydrogen (secondary N) is 1. The Morgan fingerprint density at radius 1 is 1.00 bits per heavy atom. The van der Waals surface area contributed by atoms with Crippen molar-refractivity contribution in [3.05, 3.63) is 48.0 Å². The van der Waals surface area contributed by atoms with E-state index in [2.05, 4.69) is 54.7 Å². The summed E-state index contributed by atoms with van der Waals surface area (Å²) < 4.78 is 0. The standard InChI is InChI=1S/C13H15N.ClH/c1-10(14-2)12-8-7-11-5-3-4-6-13(11)9-12;/h3-10,14H,1-2H3;1H/t10-;/m0./s1. The monoisotopic (exact) mass is 221 g/mol. The molecule has 2 heteroatoms. The van der Waals surface area contributed by atoms with Crippen LogP contribution in [0.1, 0.15) is 18.5 Å². The van der Waals surface area contributed by atoms with Gasteiger partial charge in [0.25, 0.3) is 0 Å². The van der Waals surface area contributed by atoms with Crippen LogP contribution >= 0.6 is 12.4 Å². The van der Waals surface area contributed by atoms with E-state index in [1.165, 1.54) is 16.3 Å². The first-order valence-electron chi connectivity index (χ1n) is 4.97. The second-order valence-electron chi connectivity index (χ2n) is 3.62. The maximum absolute atomic E-state index is 3.25. The summed E-state index contributed by atoms with van der Waals surface area (Å²) >= 11 is 0. The zero-order chi connectivity index (χ0) is 9.97. The molecule has 0 aliphatic heterocycles. The normalized spacial score (nSPS) is 12.1. The molecule has 80 valence electrons. The quantitative estimate of drug-likeness (QED) is 0.818. The molecule has 1 atom stereocenters. The van der Waals surface area contributed by atoms with Gasteiger partial charge < -0.3 is 5.32 Å². The van der Waals surface area contributed by atoms with Crippen molar-refractivity contribution in [1.29, 1.82) is 0 Å². The Labute approximate surface area is 96.9 Å². The molecule has 0 saturated carbocycles. The third-order valence-corrected chi connectivity index (χ3v) is 2.71. The molecule has 0 aromatic heterocycles. The van der Waals surface area contributed by atoms with Crippen molar-refractivity contribution in [2.24, 2.45) is 0 Å². The van der Waals surface area contributed by atoms with Gasteiger partial charge in [-0.15, -0.1) is 12.4 Å². The Balaban J connectivity index is 0.00000112. The first kappa shape index (κ1) is 12.0. The predicted octanol–water partition coefficient (Wildman–Crippen LogP) is 3.54. The number of hydrogen-bond donors (Lipinski definition) is 1. The molecule has 2 rings (SSSR count). The topological polar surface area (TPSA) is 12.0 Å². The summed E-state index contributed by atoms with van der Waals surface area (Å²) in [5.74, 6) is 0. The van der Waals surface area contributed by atoms with Crippen LogP contribution in [0.3, 0.4) is 0 Å². The molecule has 0 aliphatic carbocycles. The molecule has 0 fully saturated rings. The number of rotatable bonds is 2. The maximum atomic E-state index is 3.25. The van der Waals surface area contributed by atoms with Gasteiger partial charge in [-0.05, 0) is 36.4 Å². The van der Waals surface area contributed by atoms with Crippen molar-refractivity contribution in [1.82, 2.24) is 5.32 Å². The van der Waals surface area contributed by atoms with Gasteiger partial charge in [0.2, 0.25) is 0 Å². The smallest absolute Gasteiger partial charge is 0.0289 e. The molecular weight excluding hydrogens is 206 g/mol. The van der Waals surface area contributed by atoms with Crippen LogP contribution in [0.5, 0.6) is 0 Å². The average molecular weight is 222 g/mol. The van der Waals surface area contributed by atoms with E-state index >= 15 is 0 Å². The van der Waals surface area contributed by atoms with Gasteiger partial charge in [0.1, 0.15) is 0 Å². The fraction of sp³-hybridized carbons (Fsp3) is 0.231. The summed E-state index contributed by atoms with van der Waals surface area (Å²) in [6.07, 6.45) is 0. The Kier molecular flexibility index (Phi) is 4.13. The maximum Gasteiger partial charge on any atom is 0.0289 e. The SMILES string of the molecule is CN[C@@H](C)c1ccc2ccccc2c1.Cl.